The normalized spacial score (nSPS) is 20.6. The number of nitrogens with two attached hydrogens (primary N) is 1. The highest BCUT2D eigenvalue weighted by molar-refractivity contribution is 6.01. The molecule has 1 heterocycles. The lowest BCUT2D eigenvalue weighted by atomic mass is 9.95. The fourth-order valence-electron chi connectivity index (χ4n) is 3.17. The molecule has 25 heavy (non-hydrogen) atoms. The Kier molecular flexibility index (Phi) is 5.08. The highest BCUT2D eigenvalue weighted by Crippen LogP contribution is 2.33. The van der Waals surface area contributed by atoms with Crippen molar-refractivity contribution < 1.29 is 19.4 Å². The minimum absolute atomic E-state index is 0.100. The van der Waals surface area contributed by atoms with Gasteiger partial charge in [0.25, 0.3) is 5.91 Å². The van der Waals surface area contributed by atoms with Gasteiger partial charge in [-0.15, -0.1) is 0 Å². The Bertz CT molecular complexity index is 775. The molecule has 1 aliphatic rings. The van der Waals surface area contributed by atoms with Gasteiger partial charge in [-0.3, -0.25) is 9.78 Å². The number of aliphatic hydroxyl groups excluding tert-OH is 1. The Morgan fingerprint density at radius 3 is 2.72 bits per heavy atom. The van der Waals surface area contributed by atoms with E-state index in [1.165, 1.54) is 0 Å². The molecule has 1 aromatic heterocycles. The van der Waals surface area contributed by atoms with Crippen molar-refractivity contribution in [2.24, 2.45) is 5.73 Å². The molecule has 0 saturated heterocycles. The van der Waals surface area contributed by atoms with Gasteiger partial charge in [0.1, 0.15) is 17.6 Å². The van der Waals surface area contributed by atoms with Gasteiger partial charge in [0.15, 0.2) is 0 Å². The lowest BCUT2D eigenvalue weighted by molar-refractivity contribution is 0.00765. The molecule has 134 valence electrons. The quantitative estimate of drug-likeness (QED) is 0.870. The van der Waals surface area contributed by atoms with Gasteiger partial charge < -0.3 is 20.3 Å². The first kappa shape index (κ1) is 17.5. The highest BCUT2D eigenvalue weighted by Gasteiger charge is 2.25. The molecule has 0 unspecified atom stereocenters. The van der Waals surface area contributed by atoms with E-state index in [1.54, 1.807) is 24.4 Å². The zero-order chi connectivity index (χ0) is 18.0. The first-order valence-electron chi connectivity index (χ1n) is 8.69. The molecule has 0 spiro atoms. The maximum absolute atomic E-state index is 11.7. The summed E-state index contributed by atoms with van der Waals surface area (Å²) in [6, 6.07) is 5.14. The summed E-state index contributed by atoms with van der Waals surface area (Å²) in [5.41, 5.74) is 6.38. The first-order chi connectivity index (χ1) is 12.0. The summed E-state index contributed by atoms with van der Waals surface area (Å²) in [7, 11) is 0. The highest BCUT2D eigenvalue weighted by atomic mass is 16.5. The number of pyridine rings is 1. The number of benzene rings is 1. The zero-order valence-corrected chi connectivity index (χ0v) is 14.6. The minimum Gasteiger partial charge on any atom is -0.490 e. The van der Waals surface area contributed by atoms with Crippen LogP contribution >= 0.6 is 0 Å². The minimum atomic E-state index is -0.562. The second-order valence-electron chi connectivity index (χ2n) is 6.71. The first-order valence-corrected chi connectivity index (χ1v) is 8.69. The maximum atomic E-state index is 11.7. The SMILES string of the molecule is CC(C)Oc1cc2c(O[C@H]3CCCC[C@H]3O)ccnc2cc1C(N)=O. The summed E-state index contributed by atoms with van der Waals surface area (Å²) in [4.78, 5) is 16.1. The number of hydrogen-bond acceptors (Lipinski definition) is 5. The van der Waals surface area contributed by atoms with E-state index >= 15 is 0 Å². The molecule has 3 rings (SSSR count). The number of carbonyl (C=O) groups excluding carboxylic acids is 1. The fraction of sp³-hybridized carbons (Fsp3) is 0.474. The van der Waals surface area contributed by atoms with E-state index in [-0.39, 0.29) is 12.2 Å². The van der Waals surface area contributed by atoms with Crippen LogP contribution in [0.25, 0.3) is 10.9 Å². The number of hydrogen-bond donors (Lipinski definition) is 2. The molecule has 1 amide bonds. The van der Waals surface area contributed by atoms with Crippen molar-refractivity contribution in [3.63, 3.8) is 0 Å². The van der Waals surface area contributed by atoms with Crippen LogP contribution in [-0.2, 0) is 0 Å². The molecule has 1 saturated carbocycles. The van der Waals surface area contributed by atoms with E-state index in [0.29, 0.717) is 22.6 Å². The molecule has 0 aliphatic heterocycles. The molecule has 1 aromatic carbocycles. The number of fused-ring (bicyclic) bond motifs is 1. The lowest BCUT2D eigenvalue weighted by Gasteiger charge is -2.28. The van der Waals surface area contributed by atoms with Crippen LogP contribution in [0, 0.1) is 0 Å². The van der Waals surface area contributed by atoms with Gasteiger partial charge in [0, 0.05) is 11.6 Å². The summed E-state index contributed by atoms with van der Waals surface area (Å²) in [5, 5.41) is 10.9. The summed E-state index contributed by atoms with van der Waals surface area (Å²) in [6.45, 7) is 3.77. The monoisotopic (exact) mass is 344 g/mol. The van der Waals surface area contributed by atoms with Crippen LogP contribution in [0.3, 0.4) is 0 Å². The van der Waals surface area contributed by atoms with Crippen molar-refractivity contribution in [1.82, 2.24) is 4.98 Å². The lowest BCUT2D eigenvalue weighted by Crippen LogP contribution is -2.34. The predicted octanol–water partition coefficient (Wildman–Crippen LogP) is 2.80. The number of carbonyl (C=O) groups is 1. The van der Waals surface area contributed by atoms with Gasteiger partial charge in [0.05, 0.1) is 23.3 Å². The number of aromatic nitrogens is 1. The van der Waals surface area contributed by atoms with Crippen LogP contribution < -0.4 is 15.2 Å². The molecular weight excluding hydrogens is 320 g/mol. The molecule has 0 bridgehead atoms. The van der Waals surface area contributed by atoms with Crippen LogP contribution in [0.1, 0.15) is 49.9 Å². The Hall–Kier alpha value is -2.34. The van der Waals surface area contributed by atoms with Crippen LogP contribution in [0.4, 0.5) is 0 Å². The molecule has 1 fully saturated rings. The van der Waals surface area contributed by atoms with Gasteiger partial charge >= 0.3 is 0 Å². The van der Waals surface area contributed by atoms with Crippen molar-refractivity contribution in [2.75, 3.05) is 0 Å². The topological polar surface area (TPSA) is 94.7 Å². The third-order valence-corrected chi connectivity index (χ3v) is 4.38. The molecule has 1 aliphatic carbocycles. The van der Waals surface area contributed by atoms with E-state index in [1.807, 2.05) is 13.8 Å². The largest absolute Gasteiger partial charge is 0.490 e. The number of aliphatic hydroxyl groups is 1. The van der Waals surface area contributed by atoms with Gasteiger partial charge in [0.2, 0.25) is 0 Å². The average molecular weight is 344 g/mol. The van der Waals surface area contributed by atoms with Crippen molar-refractivity contribution in [1.29, 1.82) is 0 Å². The number of primary amides is 1. The van der Waals surface area contributed by atoms with E-state index in [2.05, 4.69) is 4.98 Å². The molecule has 2 atom stereocenters. The van der Waals surface area contributed by atoms with Crippen LogP contribution in [-0.4, -0.2) is 34.3 Å². The van der Waals surface area contributed by atoms with Gasteiger partial charge in [-0.1, -0.05) is 6.42 Å². The Morgan fingerprint density at radius 2 is 2.04 bits per heavy atom. The molecule has 0 radical (unpaired) electrons. The van der Waals surface area contributed by atoms with Crippen LogP contribution in [0.2, 0.25) is 0 Å². The standard InChI is InChI=1S/C19H24N2O4/c1-11(2)24-18-10-12-14(9-13(18)19(20)23)21-8-7-16(12)25-17-6-4-3-5-15(17)22/h7-11,15,17,22H,3-6H2,1-2H3,(H2,20,23)/t15-,17+/m1/s1. The summed E-state index contributed by atoms with van der Waals surface area (Å²) >= 11 is 0. The van der Waals surface area contributed by atoms with E-state index in [4.69, 9.17) is 15.2 Å². The van der Waals surface area contributed by atoms with Crippen LogP contribution in [0.15, 0.2) is 24.4 Å². The summed E-state index contributed by atoms with van der Waals surface area (Å²) in [5.74, 6) is 0.478. The summed E-state index contributed by atoms with van der Waals surface area (Å²) < 4.78 is 11.8. The smallest absolute Gasteiger partial charge is 0.252 e. The molecule has 2 aromatic rings. The van der Waals surface area contributed by atoms with Gasteiger partial charge in [-0.2, -0.15) is 0 Å². The molecule has 6 nitrogen and oxygen atoms in total. The third kappa shape index (κ3) is 3.85. The molecule has 6 heteroatoms. The van der Waals surface area contributed by atoms with Crippen molar-refractivity contribution >= 4 is 16.8 Å². The number of ether oxygens (including phenoxy) is 2. The second-order valence-corrected chi connectivity index (χ2v) is 6.71. The Morgan fingerprint density at radius 1 is 1.28 bits per heavy atom. The number of nitrogens with zero attached hydrogens (tertiary/aromatic N) is 1. The Labute approximate surface area is 146 Å². The van der Waals surface area contributed by atoms with E-state index in [0.717, 1.165) is 31.1 Å². The van der Waals surface area contributed by atoms with Crippen LogP contribution in [0.5, 0.6) is 11.5 Å². The Balaban J connectivity index is 2.02. The van der Waals surface area contributed by atoms with Crippen molar-refractivity contribution in [2.45, 2.75) is 57.8 Å². The molecule has 3 N–H and O–H groups in total. The van der Waals surface area contributed by atoms with E-state index in [9.17, 15) is 9.90 Å². The maximum Gasteiger partial charge on any atom is 0.252 e. The number of amides is 1. The second kappa shape index (κ2) is 7.27. The number of rotatable bonds is 5. The zero-order valence-electron chi connectivity index (χ0n) is 14.6. The average Bonchev–Trinajstić information content (AvgIpc) is 2.56. The van der Waals surface area contributed by atoms with Gasteiger partial charge in [-0.25, -0.2) is 0 Å². The van der Waals surface area contributed by atoms with Crippen molar-refractivity contribution in [3.8, 4) is 11.5 Å². The van der Waals surface area contributed by atoms with Gasteiger partial charge in [-0.05, 0) is 51.3 Å². The molecular formula is C19H24N2O4. The predicted molar refractivity (Wildman–Crippen MR) is 94.9 cm³/mol. The van der Waals surface area contributed by atoms with E-state index < -0.39 is 12.0 Å². The fourth-order valence-corrected chi connectivity index (χ4v) is 3.17. The summed E-state index contributed by atoms with van der Waals surface area (Å²) in [6.07, 6.45) is 4.46. The van der Waals surface area contributed by atoms with Crippen molar-refractivity contribution in [3.05, 3.63) is 30.0 Å². The third-order valence-electron chi connectivity index (χ3n) is 4.38.